The van der Waals surface area contributed by atoms with Gasteiger partial charge in [0.2, 0.25) is 0 Å². The molecule has 1 heterocycles. The van der Waals surface area contributed by atoms with E-state index in [9.17, 15) is 17.6 Å². The van der Waals surface area contributed by atoms with E-state index in [-0.39, 0.29) is 5.82 Å². The molecule has 0 aromatic heterocycles. The van der Waals surface area contributed by atoms with Gasteiger partial charge in [-0.2, -0.15) is 13.2 Å². The van der Waals surface area contributed by atoms with E-state index in [1.165, 1.54) is 23.1 Å². The maximum Gasteiger partial charge on any atom is 0.401 e. The summed E-state index contributed by atoms with van der Waals surface area (Å²) in [6.45, 7) is 1.34. The Hall–Kier alpha value is -1.34. The molecule has 7 heteroatoms. The Morgan fingerprint density at radius 1 is 1.05 bits per heavy atom. The normalized spacial score (nSPS) is 18.4. The predicted octanol–water partition coefficient (Wildman–Crippen LogP) is 2.09. The van der Waals surface area contributed by atoms with Crippen molar-refractivity contribution < 1.29 is 17.6 Å². The molecule has 1 aromatic rings. The summed E-state index contributed by atoms with van der Waals surface area (Å²) in [5, 5.41) is 0. The third kappa shape index (κ3) is 4.35. The summed E-state index contributed by atoms with van der Waals surface area (Å²) in [7, 11) is 0. The van der Waals surface area contributed by atoms with Crippen molar-refractivity contribution >= 4 is 5.69 Å². The van der Waals surface area contributed by atoms with E-state index in [0.29, 0.717) is 44.0 Å². The van der Waals surface area contributed by atoms with Crippen LogP contribution in [-0.2, 0) is 6.54 Å². The van der Waals surface area contributed by atoms with E-state index in [2.05, 4.69) is 0 Å². The van der Waals surface area contributed by atoms with Crippen LogP contribution in [0, 0.1) is 5.82 Å². The molecule has 2 N–H and O–H groups in total. The molecule has 0 atom stereocenters. The summed E-state index contributed by atoms with van der Waals surface area (Å²) in [6.07, 6.45) is -4.16. The largest absolute Gasteiger partial charge is 0.401 e. The number of hydrogen-bond acceptors (Lipinski definition) is 3. The van der Waals surface area contributed by atoms with Crippen LogP contribution in [0.1, 0.15) is 5.56 Å². The third-order valence-electron chi connectivity index (χ3n) is 3.37. The number of nitrogens with zero attached hydrogens (tertiary/aromatic N) is 2. The number of rotatable bonds is 3. The number of benzene rings is 1. The fraction of sp³-hybridized carbons (Fsp3) is 0.538. The van der Waals surface area contributed by atoms with Crippen LogP contribution in [0.2, 0.25) is 0 Å². The second kappa shape index (κ2) is 5.97. The van der Waals surface area contributed by atoms with Gasteiger partial charge < -0.3 is 5.73 Å². The molecule has 0 radical (unpaired) electrons. The topological polar surface area (TPSA) is 32.5 Å². The van der Waals surface area contributed by atoms with Crippen LogP contribution in [0.5, 0.6) is 0 Å². The molecule has 1 saturated heterocycles. The number of nitrogen functional groups attached to an aromatic ring is 1. The first kappa shape index (κ1) is 15.1. The number of halogens is 4. The average molecular weight is 291 g/mol. The molecule has 0 spiro atoms. The highest BCUT2D eigenvalue weighted by molar-refractivity contribution is 5.46. The van der Waals surface area contributed by atoms with Crippen LogP contribution in [0.3, 0.4) is 0 Å². The van der Waals surface area contributed by atoms with Gasteiger partial charge in [0.15, 0.2) is 0 Å². The van der Waals surface area contributed by atoms with E-state index < -0.39 is 12.7 Å². The molecule has 112 valence electrons. The summed E-state index contributed by atoms with van der Waals surface area (Å²) in [4.78, 5) is 3.36. The van der Waals surface area contributed by atoms with Crippen molar-refractivity contribution in [2.45, 2.75) is 12.7 Å². The zero-order valence-corrected chi connectivity index (χ0v) is 11.0. The zero-order chi connectivity index (χ0) is 14.8. The highest BCUT2D eigenvalue weighted by Gasteiger charge is 2.32. The van der Waals surface area contributed by atoms with Gasteiger partial charge in [0.25, 0.3) is 0 Å². The van der Waals surface area contributed by atoms with Crippen molar-refractivity contribution in [1.82, 2.24) is 9.80 Å². The van der Waals surface area contributed by atoms with Gasteiger partial charge in [0, 0.05) is 38.4 Å². The van der Waals surface area contributed by atoms with E-state index in [1.807, 2.05) is 4.90 Å². The lowest BCUT2D eigenvalue weighted by atomic mass is 10.1. The lowest BCUT2D eigenvalue weighted by Gasteiger charge is -2.35. The molecule has 0 amide bonds. The first-order valence-corrected chi connectivity index (χ1v) is 6.39. The van der Waals surface area contributed by atoms with Crippen LogP contribution in [0.4, 0.5) is 23.2 Å². The Balaban J connectivity index is 1.87. The number of anilines is 1. The second-order valence-electron chi connectivity index (χ2n) is 5.01. The van der Waals surface area contributed by atoms with Crippen molar-refractivity contribution in [3.8, 4) is 0 Å². The van der Waals surface area contributed by atoms with Gasteiger partial charge in [-0.05, 0) is 23.8 Å². The minimum atomic E-state index is -4.16. The van der Waals surface area contributed by atoms with Gasteiger partial charge in [-0.3, -0.25) is 9.80 Å². The molecular weight excluding hydrogens is 274 g/mol. The lowest BCUT2D eigenvalue weighted by Crippen LogP contribution is -2.48. The minimum Gasteiger partial charge on any atom is -0.398 e. The van der Waals surface area contributed by atoms with Crippen molar-refractivity contribution in [1.29, 1.82) is 0 Å². The van der Waals surface area contributed by atoms with Gasteiger partial charge in [0.1, 0.15) is 5.82 Å². The monoisotopic (exact) mass is 291 g/mol. The second-order valence-corrected chi connectivity index (χ2v) is 5.01. The fourth-order valence-electron chi connectivity index (χ4n) is 2.31. The summed E-state index contributed by atoms with van der Waals surface area (Å²) < 4.78 is 49.9. The van der Waals surface area contributed by atoms with E-state index in [1.54, 1.807) is 0 Å². The molecule has 0 bridgehead atoms. The highest BCUT2D eigenvalue weighted by Crippen LogP contribution is 2.19. The predicted molar refractivity (Wildman–Crippen MR) is 68.6 cm³/mol. The first-order chi connectivity index (χ1) is 9.33. The Morgan fingerprint density at radius 3 is 2.25 bits per heavy atom. The smallest absolute Gasteiger partial charge is 0.398 e. The third-order valence-corrected chi connectivity index (χ3v) is 3.37. The summed E-state index contributed by atoms with van der Waals surface area (Å²) >= 11 is 0. The molecule has 0 unspecified atom stereocenters. The van der Waals surface area contributed by atoms with E-state index in [4.69, 9.17) is 5.73 Å². The summed E-state index contributed by atoms with van der Waals surface area (Å²) in [6, 6.07) is 4.17. The number of nitrogens with two attached hydrogens (primary N) is 1. The summed E-state index contributed by atoms with van der Waals surface area (Å²) in [5.74, 6) is -0.357. The average Bonchev–Trinajstić information content (AvgIpc) is 2.34. The molecule has 1 aliphatic heterocycles. The molecule has 2 rings (SSSR count). The van der Waals surface area contributed by atoms with Crippen molar-refractivity contribution in [2.75, 3.05) is 38.5 Å². The molecular formula is C13H17F4N3. The van der Waals surface area contributed by atoms with Crippen LogP contribution in [0.25, 0.3) is 0 Å². The molecule has 1 aliphatic rings. The van der Waals surface area contributed by atoms with Gasteiger partial charge >= 0.3 is 6.18 Å². The standard InChI is InChI=1S/C13H17F4N3/c14-11-1-2-12(18)10(7-11)8-19-3-5-20(6-4-19)9-13(15,16)17/h1-2,7H,3-6,8-9,18H2. The molecule has 0 aliphatic carbocycles. The van der Waals surface area contributed by atoms with Crippen molar-refractivity contribution in [3.05, 3.63) is 29.6 Å². The molecule has 20 heavy (non-hydrogen) atoms. The van der Waals surface area contributed by atoms with Gasteiger partial charge in [-0.15, -0.1) is 0 Å². The Morgan fingerprint density at radius 2 is 1.65 bits per heavy atom. The van der Waals surface area contributed by atoms with Gasteiger partial charge in [-0.1, -0.05) is 0 Å². The Labute approximate surface area is 115 Å². The number of hydrogen-bond donors (Lipinski definition) is 1. The first-order valence-electron chi connectivity index (χ1n) is 6.39. The van der Waals surface area contributed by atoms with Gasteiger partial charge in [0.05, 0.1) is 6.54 Å². The van der Waals surface area contributed by atoms with E-state index in [0.717, 1.165) is 0 Å². The van der Waals surface area contributed by atoms with Crippen LogP contribution in [-0.4, -0.2) is 48.7 Å². The quantitative estimate of drug-likeness (QED) is 0.683. The van der Waals surface area contributed by atoms with E-state index >= 15 is 0 Å². The summed E-state index contributed by atoms with van der Waals surface area (Å²) in [5.41, 5.74) is 6.94. The minimum absolute atomic E-state index is 0.356. The maximum absolute atomic E-state index is 13.1. The van der Waals surface area contributed by atoms with Crippen molar-refractivity contribution in [3.63, 3.8) is 0 Å². The Bertz CT molecular complexity index is 453. The Kier molecular flexibility index (Phi) is 4.49. The fourth-order valence-corrected chi connectivity index (χ4v) is 2.31. The lowest BCUT2D eigenvalue weighted by molar-refractivity contribution is -0.149. The number of piperazine rings is 1. The van der Waals surface area contributed by atoms with Crippen molar-refractivity contribution in [2.24, 2.45) is 0 Å². The zero-order valence-electron chi connectivity index (χ0n) is 11.0. The molecule has 1 aromatic carbocycles. The maximum atomic E-state index is 13.1. The number of alkyl halides is 3. The highest BCUT2D eigenvalue weighted by atomic mass is 19.4. The van der Waals surface area contributed by atoms with Crippen LogP contribution in [0.15, 0.2) is 18.2 Å². The molecule has 3 nitrogen and oxygen atoms in total. The van der Waals surface area contributed by atoms with Gasteiger partial charge in [-0.25, -0.2) is 4.39 Å². The molecule has 1 fully saturated rings. The SMILES string of the molecule is Nc1ccc(F)cc1CN1CCN(CC(F)(F)F)CC1. The van der Waals surface area contributed by atoms with Crippen LogP contribution < -0.4 is 5.73 Å². The molecule has 0 saturated carbocycles. The van der Waals surface area contributed by atoms with Crippen LogP contribution >= 0.6 is 0 Å².